The molecule has 4 aromatic rings. The highest BCUT2D eigenvalue weighted by Crippen LogP contribution is 2.30. The Morgan fingerprint density at radius 3 is 2.75 bits per heavy atom. The van der Waals surface area contributed by atoms with Crippen molar-refractivity contribution in [2.75, 3.05) is 6.61 Å². The van der Waals surface area contributed by atoms with Gasteiger partial charge in [-0.2, -0.15) is 0 Å². The molecule has 0 bridgehead atoms. The number of aliphatic hydroxyl groups is 1. The first kappa shape index (κ1) is 24.1. The molecule has 1 aliphatic rings. The summed E-state index contributed by atoms with van der Waals surface area (Å²) in [6.45, 7) is 0.246. The second-order valence-corrected chi connectivity index (χ2v) is 9.93. The number of imidazole rings is 1. The first-order valence-electron chi connectivity index (χ1n) is 11.5. The summed E-state index contributed by atoms with van der Waals surface area (Å²) in [6.07, 6.45) is 2.45. The Labute approximate surface area is 209 Å². The molecule has 0 aliphatic heterocycles. The van der Waals surface area contributed by atoms with E-state index in [0.717, 1.165) is 0 Å². The molecule has 0 radical (unpaired) electrons. The minimum atomic E-state index is -1.70. The number of hydrogen-bond acceptors (Lipinski definition) is 7. The fraction of sp³-hybridized carbons (Fsp3) is 0.269. The van der Waals surface area contributed by atoms with Crippen molar-refractivity contribution < 1.29 is 28.0 Å². The molecule has 2 aromatic heterocycles. The second-order valence-electron chi connectivity index (χ2n) is 8.59. The number of ether oxygens (including phenoxy) is 2. The number of benzene rings is 2. The lowest BCUT2D eigenvalue weighted by molar-refractivity contribution is -0.158. The monoisotopic (exact) mass is 509 g/mol. The Bertz CT molecular complexity index is 1410. The molecule has 1 fully saturated rings. The van der Waals surface area contributed by atoms with Gasteiger partial charge < -0.3 is 14.6 Å². The summed E-state index contributed by atoms with van der Waals surface area (Å²) in [5.74, 6) is -0.118. The average Bonchev–Trinajstić information content (AvgIpc) is 3.66. The van der Waals surface area contributed by atoms with E-state index in [0.29, 0.717) is 40.6 Å². The number of pyridine rings is 1. The van der Waals surface area contributed by atoms with Gasteiger partial charge in [-0.25, -0.2) is 14.2 Å². The minimum absolute atomic E-state index is 0.0347. The summed E-state index contributed by atoms with van der Waals surface area (Å²) in [5, 5.41) is 10.4. The largest absolute Gasteiger partial charge is 0.493 e. The number of carbonyl (C=O) groups excluding carboxylic acids is 1. The molecule has 2 atom stereocenters. The Morgan fingerprint density at radius 2 is 1.97 bits per heavy atom. The van der Waals surface area contributed by atoms with E-state index in [1.165, 1.54) is 35.6 Å². The van der Waals surface area contributed by atoms with Crippen LogP contribution in [0.1, 0.15) is 30.2 Å². The minimum Gasteiger partial charge on any atom is -0.493 e. The van der Waals surface area contributed by atoms with Gasteiger partial charge in [0.1, 0.15) is 11.6 Å². The van der Waals surface area contributed by atoms with Crippen LogP contribution in [0.2, 0.25) is 0 Å². The van der Waals surface area contributed by atoms with E-state index in [1.54, 1.807) is 48.7 Å². The molecule has 2 aromatic carbocycles. The number of hydrogen-bond donors (Lipinski definition) is 1. The molecular formula is C26H24FN3O5S. The molecule has 2 heterocycles. The van der Waals surface area contributed by atoms with Crippen molar-refractivity contribution in [2.45, 2.75) is 36.6 Å². The van der Waals surface area contributed by atoms with Gasteiger partial charge >= 0.3 is 5.97 Å². The van der Waals surface area contributed by atoms with Crippen LogP contribution in [0.3, 0.4) is 0 Å². The van der Waals surface area contributed by atoms with E-state index < -0.39 is 35.4 Å². The molecule has 8 nitrogen and oxygen atoms in total. The molecule has 5 rings (SSSR count). The molecule has 186 valence electrons. The van der Waals surface area contributed by atoms with Crippen molar-refractivity contribution in [3.8, 4) is 5.75 Å². The van der Waals surface area contributed by atoms with E-state index in [9.17, 15) is 18.5 Å². The Hall–Kier alpha value is -3.63. The van der Waals surface area contributed by atoms with Crippen LogP contribution in [0.15, 0.2) is 72.0 Å². The van der Waals surface area contributed by atoms with Crippen molar-refractivity contribution in [1.29, 1.82) is 0 Å². The first-order valence-corrected chi connectivity index (χ1v) is 12.8. The highest BCUT2D eigenvalue weighted by atomic mass is 32.2. The predicted octanol–water partition coefficient (Wildman–Crippen LogP) is 3.90. The first-order chi connectivity index (χ1) is 17.5. The maximum absolute atomic E-state index is 14.0. The van der Waals surface area contributed by atoms with Crippen molar-refractivity contribution in [2.24, 2.45) is 5.92 Å². The summed E-state index contributed by atoms with van der Waals surface area (Å²) < 4.78 is 39.8. The molecule has 0 saturated heterocycles. The number of aliphatic hydroxyl groups excluding tert-OH is 1. The molecular weight excluding hydrogens is 485 g/mol. The zero-order chi connectivity index (χ0) is 25.1. The fourth-order valence-electron chi connectivity index (χ4n) is 3.67. The van der Waals surface area contributed by atoms with Crippen LogP contribution < -0.4 is 4.74 Å². The second kappa shape index (κ2) is 10.5. The SMILES string of the molecule is O=C(OCn1c(S(=O)Cc2cc(OCC3CC3)ccn2)nc2ccc(F)cc21)C(O)c1ccccc1. The summed E-state index contributed by atoms with van der Waals surface area (Å²) in [4.78, 5) is 21.2. The van der Waals surface area contributed by atoms with Gasteiger partial charge in [0.05, 0.1) is 39.9 Å². The van der Waals surface area contributed by atoms with Crippen molar-refractivity contribution in [3.63, 3.8) is 0 Å². The van der Waals surface area contributed by atoms with E-state index in [2.05, 4.69) is 9.97 Å². The molecule has 2 unspecified atom stereocenters. The maximum atomic E-state index is 14.0. The average molecular weight is 510 g/mol. The van der Waals surface area contributed by atoms with Gasteiger partial charge in [0, 0.05) is 12.3 Å². The highest BCUT2D eigenvalue weighted by Gasteiger charge is 2.24. The van der Waals surface area contributed by atoms with Gasteiger partial charge in [-0.05, 0) is 48.6 Å². The highest BCUT2D eigenvalue weighted by molar-refractivity contribution is 7.84. The number of nitrogens with zero attached hydrogens (tertiary/aromatic N) is 3. The zero-order valence-corrected chi connectivity index (χ0v) is 20.1. The van der Waals surface area contributed by atoms with Crippen molar-refractivity contribution in [1.82, 2.24) is 14.5 Å². The molecule has 1 saturated carbocycles. The van der Waals surface area contributed by atoms with Gasteiger partial charge in [-0.3, -0.25) is 13.8 Å². The number of esters is 1. The summed E-state index contributed by atoms with van der Waals surface area (Å²) in [6, 6.07) is 15.8. The van der Waals surface area contributed by atoms with E-state index >= 15 is 0 Å². The Morgan fingerprint density at radius 1 is 1.17 bits per heavy atom. The summed E-state index contributed by atoms with van der Waals surface area (Å²) in [5.41, 5.74) is 1.63. The van der Waals surface area contributed by atoms with Gasteiger partial charge in [-0.15, -0.1) is 0 Å². The standard InChI is InChI=1S/C26H24FN3O5S/c27-19-8-9-22-23(12-19)30(16-35-25(32)24(31)18-4-2-1-3-5-18)26(29-22)36(33)15-20-13-21(10-11-28-20)34-14-17-6-7-17/h1-5,8-13,17,24,31H,6-7,14-16H2. The van der Waals surface area contributed by atoms with Gasteiger partial charge in [-0.1, -0.05) is 30.3 Å². The maximum Gasteiger partial charge on any atom is 0.341 e. The zero-order valence-electron chi connectivity index (χ0n) is 19.2. The Balaban J connectivity index is 1.36. The predicted molar refractivity (Wildman–Crippen MR) is 130 cm³/mol. The van der Waals surface area contributed by atoms with Gasteiger partial charge in [0.25, 0.3) is 0 Å². The third kappa shape index (κ3) is 5.60. The molecule has 1 N–H and O–H groups in total. The smallest absolute Gasteiger partial charge is 0.341 e. The molecule has 10 heteroatoms. The number of carbonyl (C=O) groups is 1. The van der Waals surface area contributed by atoms with Gasteiger partial charge in [0.15, 0.2) is 12.8 Å². The van der Waals surface area contributed by atoms with Crippen LogP contribution in [0.25, 0.3) is 11.0 Å². The van der Waals surface area contributed by atoms with Crippen LogP contribution in [-0.4, -0.2) is 36.4 Å². The lowest BCUT2D eigenvalue weighted by atomic mass is 10.1. The van der Waals surface area contributed by atoms with Crippen molar-refractivity contribution >= 4 is 27.8 Å². The van der Waals surface area contributed by atoms with E-state index in [1.807, 2.05) is 0 Å². The fourth-order valence-corrected chi connectivity index (χ4v) is 4.83. The Kier molecular flexibility index (Phi) is 7.06. The third-order valence-corrected chi connectivity index (χ3v) is 7.08. The lowest BCUT2D eigenvalue weighted by Crippen LogP contribution is -2.19. The molecule has 0 amide bonds. The number of rotatable bonds is 10. The van der Waals surface area contributed by atoms with Crippen molar-refractivity contribution in [3.05, 3.63) is 83.9 Å². The third-order valence-electron chi connectivity index (χ3n) is 5.80. The topological polar surface area (TPSA) is 104 Å². The summed E-state index contributed by atoms with van der Waals surface area (Å²) >= 11 is 0. The van der Waals surface area contributed by atoms with Gasteiger partial charge in [0.2, 0.25) is 5.16 Å². The van der Waals surface area contributed by atoms with Crippen LogP contribution in [0.5, 0.6) is 5.75 Å². The summed E-state index contributed by atoms with van der Waals surface area (Å²) in [7, 11) is -1.70. The number of aromatic nitrogens is 3. The quantitative estimate of drug-likeness (QED) is 0.323. The molecule has 1 aliphatic carbocycles. The van der Waals surface area contributed by atoms with Crippen LogP contribution in [0.4, 0.5) is 4.39 Å². The molecule has 36 heavy (non-hydrogen) atoms. The van der Waals surface area contributed by atoms with E-state index in [4.69, 9.17) is 9.47 Å². The normalized spacial score (nSPS) is 14.9. The van der Waals surface area contributed by atoms with Crippen LogP contribution in [-0.2, 0) is 32.8 Å². The van der Waals surface area contributed by atoms with E-state index in [-0.39, 0.29) is 10.9 Å². The number of fused-ring (bicyclic) bond motifs is 1. The molecule has 0 spiro atoms. The van der Waals surface area contributed by atoms with Crippen LogP contribution in [0, 0.1) is 11.7 Å². The number of halogens is 1. The van der Waals surface area contributed by atoms with Crippen LogP contribution >= 0.6 is 0 Å². The lowest BCUT2D eigenvalue weighted by Gasteiger charge is -2.13.